The van der Waals surface area contributed by atoms with Gasteiger partial charge < -0.3 is 14.3 Å². The summed E-state index contributed by atoms with van der Waals surface area (Å²) in [5.41, 5.74) is 2.57. The Morgan fingerprint density at radius 3 is 2.64 bits per heavy atom. The van der Waals surface area contributed by atoms with Crippen molar-refractivity contribution in [1.29, 1.82) is 0 Å². The summed E-state index contributed by atoms with van der Waals surface area (Å²) in [5, 5.41) is 10.7. The smallest absolute Gasteiger partial charge is 0.202 e. The van der Waals surface area contributed by atoms with Gasteiger partial charge in [0.15, 0.2) is 11.3 Å². The van der Waals surface area contributed by atoms with Gasteiger partial charge in [-0.25, -0.2) is 0 Å². The van der Waals surface area contributed by atoms with E-state index in [1.165, 1.54) is 7.11 Å². The number of benzene rings is 1. The standard InChI is InChI=1S/C11H12O3/c1-6-4-8(13-3)10(12)11-9(6)7(2)5-14-11/h4-5,12H,1-3H3. The van der Waals surface area contributed by atoms with E-state index in [0.717, 1.165) is 16.5 Å². The normalized spacial score (nSPS) is 10.8. The van der Waals surface area contributed by atoms with E-state index in [9.17, 15) is 5.11 Å². The van der Waals surface area contributed by atoms with Crippen LogP contribution in [-0.4, -0.2) is 12.2 Å². The van der Waals surface area contributed by atoms with Crippen molar-refractivity contribution in [2.24, 2.45) is 0 Å². The molecule has 0 aliphatic rings. The minimum absolute atomic E-state index is 0.0706. The van der Waals surface area contributed by atoms with Crippen LogP contribution in [0.2, 0.25) is 0 Å². The van der Waals surface area contributed by atoms with Crippen molar-refractivity contribution in [2.45, 2.75) is 13.8 Å². The van der Waals surface area contributed by atoms with Crippen LogP contribution in [0.3, 0.4) is 0 Å². The molecule has 0 amide bonds. The first-order valence-corrected chi connectivity index (χ1v) is 4.39. The number of fused-ring (bicyclic) bond motifs is 1. The first-order valence-electron chi connectivity index (χ1n) is 4.39. The largest absolute Gasteiger partial charge is 0.502 e. The fourth-order valence-electron chi connectivity index (χ4n) is 1.71. The first kappa shape index (κ1) is 8.94. The Morgan fingerprint density at radius 2 is 2.00 bits per heavy atom. The maximum absolute atomic E-state index is 9.77. The zero-order chi connectivity index (χ0) is 10.3. The van der Waals surface area contributed by atoms with E-state index in [-0.39, 0.29) is 5.75 Å². The molecule has 2 rings (SSSR count). The number of ether oxygens (including phenoxy) is 1. The van der Waals surface area contributed by atoms with Crippen LogP contribution >= 0.6 is 0 Å². The lowest BCUT2D eigenvalue weighted by Crippen LogP contribution is -1.86. The van der Waals surface area contributed by atoms with Gasteiger partial charge in [0.25, 0.3) is 0 Å². The minimum Gasteiger partial charge on any atom is -0.502 e. The van der Waals surface area contributed by atoms with Crippen LogP contribution in [0.25, 0.3) is 11.0 Å². The summed E-state index contributed by atoms with van der Waals surface area (Å²) in [5.74, 6) is 0.519. The van der Waals surface area contributed by atoms with Gasteiger partial charge in [0.1, 0.15) is 0 Å². The summed E-state index contributed by atoms with van der Waals surface area (Å²) in [4.78, 5) is 0. The average Bonchev–Trinajstić information content (AvgIpc) is 2.54. The quantitative estimate of drug-likeness (QED) is 0.755. The summed E-state index contributed by atoms with van der Waals surface area (Å²) in [7, 11) is 1.52. The molecule has 0 aliphatic heterocycles. The van der Waals surface area contributed by atoms with Gasteiger partial charge >= 0.3 is 0 Å². The predicted octanol–water partition coefficient (Wildman–Crippen LogP) is 2.76. The van der Waals surface area contributed by atoms with Crippen LogP contribution in [0.4, 0.5) is 0 Å². The van der Waals surface area contributed by atoms with Crippen LogP contribution in [0.15, 0.2) is 16.7 Å². The van der Waals surface area contributed by atoms with Crippen molar-refractivity contribution in [1.82, 2.24) is 0 Å². The van der Waals surface area contributed by atoms with Crippen molar-refractivity contribution in [3.63, 3.8) is 0 Å². The van der Waals surface area contributed by atoms with Crippen LogP contribution in [-0.2, 0) is 0 Å². The molecule has 0 spiro atoms. The number of hydrogen-bond acceptors (Lipinski definition) is 3. The Labute approximate surface area is 81.9 Å². The summed E-state index contributed by atoms with van der Waals surface area (Å²) in [6.07, 6.45) is 1.64. The Kier molecular flexibility index (Phi) is 1.88. The highest BCUT2D eigenvalue weighted by Gasteiger charge is 2.14. The second-order valence-electron chi connectivity index (χ2n) is 3.37. The number of furan rings is 1. The molecule has 2 aromatic rings. The second-order valence-corrected chi connectivity index (χ2v) is 3.37. The lowest BCUT2D eigenvalue weighted by atomic mass is 10.1. The van der Waals surface area contributed by atoms with Crippen LogP contribution in [0.1, 0.15) is 11.1 Å². The van der Waals surface area contributed by atoms with Crippen molar-refractivity contribution in [3.8, 4) is 11.5 Å². The second kappa shape index (κ2) is 2.94. The molecule has 1 N–H and O–H groups in total. The molecule has 0 saturated heterocycles. The van der Waals surface area contributed by atoms with Crippen molar-refractivity contribution < 1.29 is 14.3 Å². The van der Waals surface area contributed by atoms with Gasteiger partial charge in [-0.1, -0.05) is 0 Å². The lowest BCUT2D eigenvalue weighted by Gasteiger charge is -2.05. The Balaban J connectivity index is 2.89. The highest BCUT2D eigenvalue weighted by Crippen LogP contribution is 2.38. The molecule has 74 valence electrons. The number of aryl methyl sites for hydroxylation is 2. The molecule has 0 atom stereocenters. The van der Waals surface area contributed by atoms with Crippen molar-refractivity contribution in [3.05, 3.63) is 23.5 Å². The number of phenols is 1. The Bertz CT molecular complexity index is 483. The third-order valence-electron chi connectivity index (χ3n) is 2.39. The highest BCUT2D eigenvalue weighted by molar-refractivity contribution is 5.91. The third kappa shape index (κ3) is 1.05. The van der Waals surface area contributed by atoms with E-state index in [1.54, 1.807) is 12.3 Å². The monoisotopic (exact) mass is 192 g/mol. The van der Waals surface area contributed by atoms with Gasteiger partial charge in [-0.3, -0.25) is 0 Å². The topological polar surface area (TPSA) is 42.6 Å². The molecule has 0 saturated carbocycles. The van der Waals surface area contributed by atoms with Crippen molar-refractivity contribution in [2.75, 3.05) is 7.11 Å². The molecular formula is C11H12O3. The van der Waals surface area contributed by atoms with E-state index < -0.39 is 0 Å². The van der Waals surface area contributed by atoms with Gasteiger partial charge in [-0.15, -0.1) is 0 Å². The van der Waals surface area contributed by atoms with E-state index in [0.29, 0.717) is 11.3 Å². The van der Waals surface area contributed by atoms with Crippen molar-refractivity contribution >= 4 is 11.0 Å². The van der Waals surface area contributed by atoms with Crippen LogP contribution in [0.5, 0.6) is 11.5 Å². The minimum atomic E-state index is 0.0706. The number of hydrogen-bond donors (Lipinski definition) is 1. The average molecular weight is 192 g/mol. The van der Waals surface area contributed by atoms with Gasteiger partial charge in [-0.2, -0.15) is 0 Å². The van der Waals surface area contributed by atoms with Crippen LogP contribution < -0.4 is 4.74 Å². The molecular weight excluding hydrogens is 180 g/mol. The molecule has 0 aliphatic carbocycles. The number of phenolic OH excluding ortho intramolecular Hbond substituents is 1. The number of rotatable bonds is 1. The molecule has 0 radical (unpaired) electrons. The molecule has 0 bridgehead atoms. The van der Waals surface area contributed by atoms with Gasteiger partial charge in [-0.05, 0) is 31.0 Å². The van der Waals surface area contributed by atoms with E-state index in [4.69, 9.17) is 9.15 Å². The maximum Gasteiger partial charge on any atom is 0.202 e. The molecule has 1 aromatic heterocycles. The predicted molar refractivity (Wildman–Crippen MR) is 53.9 cm³/mol. The molecule has 1 aromatic carbocycles. The first-order chi connectivity index (χ1) is 6.65. The summed E-state index contributed by atoms with van der Waals surface area (Å²) in [6, 6.07) is 1.81. The maximum atomic E-state index is 9.77. The Hall–Kier alpha value is -1.64. The van der Waals surface area contributed by atoms with Gasteiger partial charge in [0.2, 0.25) is 5.75 Å². The van der Waals surface area contributed by atoms with E-state index >= 15 is 0 Å². The molecule has 14 heavy (non-hydrogen) atoms. The van der Waals surface area contributed by atoms with Gasteiger partial charge in [0, 0.05) is 5.39 Å². The zero-order valence-electron chi connectivity index (χ0n) is 8.42. The van der Waals surface area contributed by atoms with E-state index in [1.807, 2.05) is 13.8 Å². The number of aromatic hydroxyl groups is 1. The molecule has 0 unspecified atom stereocenters. The highest BCUT2D eigenvalue weighted by atomic mass is 16.5. The fraction of sp³-hybridized carbons (Fsp3) is 0.273. The molecule has 3 heteroatoms. The third-order valence-corrected chi connectivity index (χ3v) is 2.39. The summed E-state index contributed by atoms with van der Waals surface area (Å²) in [6.45, 7) is 3.91. The fourth-order valence-corrected chi connectivity index (χ4v) is 1.71. The SMILES string of the molecule is COc1cc(C)c2c(C)coc2c1O. The molecule has 3 nitrogen and oxygen atoms in total. The molecule has 1 heterocycles. The summed E-state index contributed by atoms with van der Waals surface area (Å²) < 4.78 is 10.3. The lowest BCUT2D eigenvalue weighted by molar-refractivity contribution is 0.371. The zero-order valence-corrected chi connectivity index (χ0v) is 8.42. The number of methoxy groups -OCH3 is 1. The van der Waals surface area contributed by atoms with Gasteiger partial charge in [0.05, 0.1) is 13.4 Å². The molecule has 0 fully saturated rings. The van der Waals surface area contributed by atoms with Crippen LogP contribution in [0, 0.1) is 13.8 Å². The Morgan fingerprint density at radius 1 is 1.29 bits per heavy atom. The summed E-state index contributed by atoms with van der Waals surface area (Å²) >= 11 is 0. The van der Waals surface area contributed by atoms with E-state index in [2.05, 4.69) is 0 Å².